The summed E-state index contributed by atoms with van der Waals surface area (Å²) >= 11 is 0. The summed E-state index contributed by atoms with van der Waals surface area (Å²) in [4.78, 5) is -0.0376. The van der Waals surface area contributed by atoms with E-state index in [4.69, 9.17) is 9.47 Å². The van der Waals surface area contributed by atoms with E-state index in [0.29, 0.717) is 29.4 Å². The Hall–Kier alpha value is -3.07. The number of nitrogens with zero attached hydrogens (tertiary/aromatic N) is 2. The molecule has 0 bridgehead atoms. The molecular formula is C20H22FN3O4S. The molecule has 0 atom stereocenters. The lowest BCUT2D eigenvalue weighted by Gasteiger charge is -2.13. The van der Waals surface area contributed by atoms with Crippen LogP contribution in [0.25, 0.3) is 0 Å². The van der Waals surface area contributed by atoms with E-state index in [-0.39, 0.29) is 16.5 Å². The molecule has 0 amide bonds. The van der Waals surface area contributed by atoms with Crippen LogP contribution in [0.2, 0.25) is 0 Å². The third-order valence-electron chi connectivity index (χ3n) is 4.52. The van der Waals surface area contributed by atoms with Gasteiger partial charge >= 0.3 is 0 Å². The molecule has 1 heterocycles. The van der Waals surface area contributed by atoms with Crippen molar-refractivity contribution in [2.24, 2.45) is 0 Å². The normalized spacial score (nSPS) is 11.3. The summed E-state index contributed by atoms with van der Waals surface area (Å²) in [5, 5.41) is 4.42. The van der Waals surface area contributed by atoms with Crippen LogP contribution >= 0.6 is 0 Å². The fourth-order valence-electron chi connectivity index (χ4n) is 2.94. The SMILES string of the molecule is COc1ccc(OC)c(S(=O)(=O)Nc2c(C)nn(Cc3ccc(F)cc3)c2C)c1. The molecule has 2 aromatic carbocycles. The van der Waals surface area contributed by atoms with Crippen LogP contribution < -0.4 is 14.2 Å². The van der Waals surface area contributed by atoms with Crippen molar-refractivity contribution in [2.75, 3.05) is 18.9 Å². The van der Waals surface area contributed by atoms with Gasteiger partial charge in [-0.1, -0.05) is 12.1 Å². The molecule has 0 unspecified atom stereocenters. The molecule has 29 heavy (non-hydrogen) atoms. The van der Waals surface area contributed by atoms with E-state index in [1.54, 1.807) is 36.7 Å². The summed E-state index contributed by atoms with van der Waals surface area (Å²) in [7, 11) is -1.10. The van der Waals surface area contributed by atoms with Crippen LogP contribution in [-0.2, 0) is 16.6 Å². The number of hydrogen-bond acceptors (Lipinski definition) is 5. The van der Waals surface area contributed by atoms with Crippen LogP contribution in [0.15, 0.2) is 47.4 Å². The van der Waals surface area contributed by atoms with Crippen molar-refractivity contribution in [1.29, 1.82) is 0 Å². The standard InChI is InChI=1S/C20H22FN3O4S/c1-13-20(14(2)24(22-13)12-15-5-7-16(21)8-6-15)23-29(25,26)19-11-17(27-3)9-10-18(19)28-4/h5-11,23H,12H2,1-4H3. The lowest BCUT2D eigenvalue weighted by Crippen LogP contribution is -2.15. The van der Waals surface area contributed by atoms with E-state index in [9.17, 15) is 12.8 Å². The van der Waals surface area contributed by atoms with Gasteiger partial charge < -0.3 is 9.47 Å². The van der Waals surface area contributed by atoms with Crippen molar-refractivity contribution in [3.05, 3.63) is 65.2 Å². The third-order valence-corrected chi connectivity index (χ3v) is 5.89. The average molecular weight is 419 g/mol. The van der Waals surface area contributed by atoms with E-state index in [2.05, 4.69) is 9.82 Å². The van der Waals surface area contributed by atoms with Crippen LogP contribution in [0.1, 0.15) is 17.0 Å². The number of nitrogens with one attached hydrogen (secondary N) is 1. The van der Waals surface area contributed by atoms with Crippen LogP contribution in [-0.4, -0.2) is 32.4 Å². The zero-order valence-corrected chi connectivity index (χ0v) is 17.4. The van der Waals surface area contributed by atoms with E-state index >= 15 is 0 Å². The molecule has 7 nitrogen and oxygen atoms in total. The Bertz CT molecular complexity index is 1130. The summed E-state index contributed by atoms with van der Waals surface area (Å²) in [6, 6.07) is 10.6. The predicted molar refractivity (Wildman–Crippen MR) is 108 cm³/mol. The highest BCUT2D eigenvalue weighted by Gasteiger charge is 2.24. The summed E-state index contributed by atoms with van der Waals surface area (Å²) in [6.07, 6.45) is 0. The molecule has 154 valence electrons. The summed E-state index contributed by atoms with van der Waals surface area (Å²) in [6.45, 7) is 3.87. The number of benzene rings is 2. The van der Waals surface area contributed by atoms with Gasteiger partial charge in [0.1, 0.15) is 22.2 Å². The number of ether oxygens (including phenoxy) is 2. The molecular weight excluding hydrogens is 397 g/mol. The van der Waals surface area contributed by atoms with Gasteiger partial charge in [-0.2, -0.15) is 5.10 Å². The summed E-state index contributed by atoms with van der Waals surface area (Å²) in [5.41, 5.74) is 2.39. The van der Waals surface area contributed by atoms with Gasteiger partial charge in [-0.25, -0.2) is 12.8 Å². The average Bonchev–Trinajstić information content (AvgIpc) is 2.96. The van der Waals surface area contributed by atoms with E-state index in [1.165, 1.54) is 38.5 Å². The van der Waals surface area contributed by atoms with Crippen molar-refractivity contribution in [3.63, 3.8) is 0 Å². The molecule has 3 rings (SSSR count). The Morgan fingerprint density at radius 2 is 1.76 bits per heavy atom. The quantitative estimate of drug-likeness (QED) is 0.634. The smallest absolute Gasteiger partial charge is 0.265 e. The Labute approximate surface area is 169 Å². The van der Waals surface area contributed by atoms with Crippen molar-refractivity contribution >= 4 is 15.7 Å². The number of halogens is 1. The molecule has 0 fully saturated rings. The minimum atomic E-state index is -3.96. The first-order valence-electron chi connectivity index (χ1n) is 8.78. The van der Waals surface area contributed by atoms with Crippen molar-refractivity contribution in [3.8, 4) is 11.5 Å². The van der Waals surface area contributed by atoms with Gasteiger partial charge in [0.05, 0.1) is 37.8 Å². The number of rotatable bonds is 7. The molecule has 0 aliphatic heterocycles. The second kappa shape index (κ2) is 8.12. The maximum Gasteiger partial charge on any atom is 0.265 e. The van der Waals surface area contributed by atoms with Crippen molar-refractivity contribution in [1.82, 2.24) is 9.78 Å². The maximum absolute atomic E-state index is 13.1. The van der Waals surface area contributed by atoms with Gasteiger partial charge in [0.15, 0.2) is 0 Å². The minimum Gasteiger partial charge on any atom is -0.497 e. The molecule has 0 radical (unpaired) electrons. The second-order valence-electron chi connectivity index (χ2n) is 6.45. The second-order valence-corrected chi connectivity index (χ2v) is 8.10. The van der Waals surface area contributed by atoms with E-state index in [0.717, 1.165) is 5.56 Å². The molecule has 0 saturated carbocycles. The fraction of sp³-hybridized carbons (Fsp3) is 0.250. The number of hydrogen-bond donors (Lipinski definition) is 1. The maximum atomic E-state index is 13.1. The van der Waals surface area contributed by atoms with Gasteiger partial charge in [0.2, 0.25) is 0 Å². The van der Waals surface area contributed by atoms with Crippen LogP contribution in [0.3, 0.4) is 0 Å². The highest BCUT2D eigenvalue weighted by atomic mass is 32.2. The van der Waals surface area contributed by atoms with Crippen LogP contribution in [0.5, 0.6) is 11.5 Å². The first-order chi connectivity index (χ1) is 13.7. The molecule has 1 N–H and O–H groups in total. The molecule has 1 aromatic heterocycles. The topological polar surface area (TPSA) is 82.4 Å². The Morgan fingerprint density at radius 1 is 1.07 bits per heavy atom. The molecule has 0 saturated heterocycles. The monoisotopic (exact) mass is 419 g/mol. The zero-order valence-electron chi connectivity index (χ0n) is 16.6. The van der Waals surface area contributed by atoms with Gasteiger partial charge in [0.25, 0.3) is 10.0 Å². The summed E-state index contributed by atoms with van der Waals surface area (Å²) in [5.74, 6) is 0.279. The number of anilines is 1. The predicted octanol–water partition coefficient (Wildman–Crippen LogP) is 3.51. The largest absolute Gasteiger partial charge is 0.497 e. The lowest BCUT2D eigenvalue weighted by atomic mass is 10.2. The molecule has 3 aromatic rings. The Morgan fingerprint density at radius 3 is 2.38 bits per heavy atom. The highest BCUT2D eigenvalue weighted by molar-refractivity contribution is 7.92. The van der Waals surface area contributed by atoms with Crippen molar-refractivity contribution < 1.29 is 22.3 Å². The molecule has 0 aliphatic carbocycles. The first-order valence-corrected chi connectivity index (χ1v) is 10.3. The number of sulfonamides is 1. The molecule has 0 aliphatic rings. The molecule has 0 spiro atoms. The van der Waals surface area contributed by atoms with Crippen molar-refractivity contribution in [2.45, 2.75) is 25.3 Å². The van der Waals surface area contributed by atoms with Gasteiger partial charge in [-0.05, 0) is 43.7 Å². The fourth-order valence-corrected chi connectivity index (χ4v) is 4.31. The number of aryl methyl sites for hydroxylation is 1. The van der Waals surface area contributed by atoms with Gasteiger partial charge in [-0.3, -0.25) is 9.40 Å². The van der Waals surface area contributed by atoms with Crippen LogP contribution in [0, 0.1) is 19.7 Å². The number of methoxy groups -OCH3 is 2. The van der Waals surface area contributed by atoms with Gasteiger partial charge in [0, 0.05) is 6.07 Å². The Kier molecular flexibility index (Phi) is 5.78. The van der Waals surface area contributed by atoms with Crippen LogP contribution in [0.4, 0.5) is 10.1 Å². The number of aromatic nitrogens is 2. The minimum absolute atomic E-state index is 0.0376. The molecule has 9 heteroatoms. The highest BCUT2D eigenvalue weighted by Crippen LogP contribution is 2.31. The van der Waals surface area contributed by atoms with E-state index in [1.807, 2.05) is 0 Å². The Balaban J connectivity index is 1.94. The van der Waals surface area contributed by atoms with E-state index < -0.39 is 10.0 Å². The first kappa shape index (κ1) is 20.7. The lowest BCUT2D eigenvalue weighted by molar-refractivity contribution is 0.392. The van der Waals surface area contributed by atoms with Gasteiger partial charge in [-0.15, -0.1) is 0 Å². The summed E-state index contributed by atoms with van der Waals surface area (Å²) < 4.78 is 53.8. The zero-order chi connectivity index (χ0) is 21.2. The third kappa shape index (κ3) is 4.34.